The van der Waals surface area contributed by atoms with Gasteiger partial charge in [-0.15, -0.1) is 11.8 Å². The van der Waals surface area contributed by atoms with E-state index in [1.807, 2.05) is 43.0 Å². The monoisotopic (exact) mass is 454 g/mol. The molecule has 4 rings (SSSR count). The minimum atomic E-state index is -0.221. The Morgan fingerprint density at radius 1 is 1.12 bits per heavy atom. The maximum absolute atomic E-state index is 13.4. The van der Waals surface area contributed by atoms with E-state index in [1.54, 1.807) is 6.20 Å². The van der Waals surface area contributed by atoms with Crippen molar-refractivity contribution in [2.24, 2.45) is 0 Å². The molecule has 3 heterocycles. The van der Waals surface area contributed by atoms with Crippen LogP contribution in [0.2, 0.25) is 0 Å². The van der Waals surface area contributed by atoms with E-state index in [2.05, 4.69) is 15.0 Å². The third kappa shape index (κ3) is 5.37. The molecule has 1 aliphatic heterocycles. The first-order chi connectivity index (χ1) is 15.5. The predicted molar refractivity (Wildman–Crippen MR) is 122 cm³/mol. The number of nitrogens with zero attached hydrogens (tertiary/aromatic N) is 4. The van der Waals surface area contributed by atoms with Gasteiger partial charge in [-0.3, -0.25) is 9.69 Å². The van der Waals surface area contributed by atoms with Crippen molar-refractivity contribution in [1.82, 2.24) is 19.9 Å². The summed E-state index contributed by atoms with van der Waals surface area (Å²) in [7, 11) is 0. The van der Waals surface area contributed by atoms with Crippen molar-refractivity contribution in [1.29, 1.82) is 0 Å². The number of halogens is 1. The molecule has 0 saturated carbocycles. The summed E-state index contributed by atoms with van der Waals surface area (Å²) in [6.07, 6.45) is 2.62. The highest BCUT2D eigenvalue weighted by Crippen LogP contribution is 2.28. The molecule has 1 fully saturated rings. The Morgan fingerprint density at radius 3 is 2.69 bits per heavy atom. The molecule has 0 aliphatic carbocycles. The number of thioether (sulfide) groups is 1. The van der Waals surface area contributed by atoms with Crippen molar-refractivity contribution in [3.05, 3.63) is 76.6 Å². The van der Waals surface area contributed by atoms with E-state index in [0.29, 0.717) is 24.4 Å². The zero-order chi connectivity index (χ0) is 22.5. The number of rotatable bonds is 6. The molecule has 0 N–H and O–H groups in total. The summed E-state index contributed by atoms with van der Waals surface area (Å²) < 4.78 is 18.4. The molecule has 0 unspecified atom stereocenters. The molecule has 1 aromatic carbocycles. The molecular weight excluding hydrogens is 427 g/mol. The summed E-state index contributed by atoms with van der Waals surface area (Å²) in [4.78, 5) is 22.1. The number of hydrogen-bond acceptors (Lipinski definition) is 6. The van der Waals surface area contributed by atoms with Gasteiger partial charge in [-0.05, 0) is 50.1 Å². The van der Waals surface area contributed by atoms with Crippen LogP contribution in [0.3, 0.4) is 0 Å². The summed E-state index contributed by atoms with van der Waals surface area (Å²) in [6.45, 7) is 7.63. The fourth-order valence-corrected chi connectivity index (χ4v) is 5.01. The molecule has 1 amide bonds. The van der Waals surface area contributed by atoms with Gasteiger partial charge in [0.15, 0.2) is 0 Å². The molecule has 3 aromatic rings. The number of benzene rings is 1. The van der Waals surface area contributed by atoms with Crippen LogP contribution in [0, 0.1) is 19.7 Å². The van der Waals surface area contributed by atoms with Gasteiger partial charge in [-0.2, -0.15) is 0 Å². The van der Waals surface area contributed by atoms with E-state index < -0.39 is 0 Å². The highest BCUT2D eigenvalue weighted by atomic mass is 32.2. The van der Waals surface area contributed by atoms with Crippen LogP contribution in [0.1, 0.15) is 39.4 Å². The van der Waals surface area contributed by atoms with Gasteiger partial charge in [0, 0.05) is 50.2 Å². The Hall–Kier alpha value is -2.71. The number of amides is 1. The van der Waals surface area contributed by atoms with E-state index >= 15 is 0 Å². The molecule has 0 atom stereocenters. The molecule has 0 radical (unpaired) electrons. The van der Waals surface area contributed by atoms with Crippen LogP contribution in [0.5, 0.6) is 0 Å². The molecule has 1 saturated heterocycles. The number of aromatic nitrogens is 2. The summed E-state index contributed by atoms with van der Waals surface area (Å²) in [5.41, 5.74) is 3.63. The molecule has 0 bridgehead atoms. The number of pyridine rings is 1. The van der Waals surface area contributed by atoms with Crippen LogP contribution in [0.15, 0.2) is 52.1 Å². The van der Waals surface area contributed by atoms with Gasteiger partial charge >= 0.3 is 0 Å². The average Bonchev–Trinajstić information content (AvgIpc) is 2.98. The minimum absolute atomic E-state index is 0.0167. The second-order valence-corrected chi connectivity index (χ2v) is 8.96. The maximum Gasteiger partial charge on any atom is 0.256 e. The van der Waals surface area contributed by atoms with Crippen molar-refractivity contribution >= 4 is 17.7 Å². The molecule has 6 nitrogen and oxygen atoms in total. The summed E-state index contributed by atoms with van der Waals surface area (Å²) in [5.74, 6) is 1.25. The van der Waals surface area contributed by atoms with Crippen LogP contribution < -0.4 is 0 Å². The lowest BCUT2D eigenvalue weighted by Crippen LogP contribution is -2.35. The van der Waals surface area contributed by atoms with E-state index in [4.69, 9.17) is 4.52 Å². The van der Waals surface area contributed by atoms with Crippen molar-refractivity contribution in [3.8, 4) is 0 Å². The number of carbonyl (C=O) groups excluding carboxylic acids is 1. The van der Waals surface area contributed by atoms with Gasteiger partial charge in [0.05, 0.1) is 11.3 Å². The lowest BCUT2D eigenvalue weighted by atomic mass is 10.2. The predicted octanol–water partition coefficient (Wildman–Crippen LogP) is 4.47. The maximum atomic E-state index is 13.4. The first-order valence-electron chi connectivity index (χ1n) is 10.8. The molecule has 1 aliphatic rings. The zero-order valence-electron chi connectivity index (χ0n) is 18.4. The topological polar surface area (TPSA) is 62.5 Å². The van der Waals surface area contributed by atoms with Gasteiger partial charge in [-0.25, -0.2) is 9.37 Å². The SMILES string of the molecule is Cc1noc(C)c1CSc1ncccc1C(=O)N1CCCN(Cc2ccc(F)cc2)CC1. The first kappa shape index (κ1) is 22.5. The summed E-state index contributed by atoms with van der Waals surface area (Å²) in [5, 5.41) is 4.73. The Labute approximate surface area is 191 Å². The van der Waals surface area contributed by atoms with Crippen molar-refractivity contribution in [2.75, 3.05) is 26.2 Å². The lowest BCUT2D eigenvalue weighted by Gasteiger charge is -2.22. The van der Waals surface area contributed by atoms with Crippen molar-refractivity contribution in [2.45, 2.75) is 37.6 Å². The quantitative estimate of drug-likeness (QED) is 0.512. The third-order valence-electron chi connectivity index (χ3n) is 5.73. The number of hydrogen-bond donors (Lipinski definition) is 0. The highest BCUT2D eigenvalue weighted by Gasteiger charge is 2.23. The molecule has 0 spiro atoms. The van der Waals surface area contributed by atoms with Gasteiger partial charge in [0.1, 0.15) is 16.6 Å². The minimum Gasteiger partial charge on any atom is -0.361 e. The normalized spacial score (nSPS) is 15.0. The fraction of sp³-hybridized carbons (Fsp3) is 0.375. The fourth-order valence-electron chi connectivity index (χ4n) is 3.87. The first-order valence-corrected chi connectivity index (χ1v) is 11.8. The standard InChI is InChI=1S/C24H27FN4O2S/c1-17-22(18(2)31-27-17)16-32-23-21(5-3-10-26-23)24(30)29-12-4-11-28(13-14-29)15-19-6-8-20(25)9-7-19/h3,5-10H,4,11-16H2,1-2H3. The van der Waals surface area contributed by atoms with E-state index in [-0.39, 0.29) is 11.7 Å². The lowest BCUT2D eigenvalue weighted by molar-refractivity contribution is 0.0757. The Kier molecular flexibility index (Phi) is 7.22. The van der Waals surface area contributed by atoms with Crippen LogP contribution in [-0.4, -0.2) is 52.0 Å². The second-order valence-electron chi connectivity index (χ2n) is 8.00. The molecule has 8 heteroatoms. The molecular formula is C24H27FN4O2S. The Morgan fingerprint density at radius 2 is 1.94 bits per heavy atom. The molecule has 168 valence electrons. The number of aryl methyl sites for hydroxylation is 2. The largest absolute Gasteiger partial charge is 0.361 e. The van der Waals surface area contributed by atoms with Crippen molar-refractivity contribution in [3.63, 3.8) is 0 Å². The average molecular weight is 455 g/mol. The summed E-state index contributed by atoms with van der Waals surface area (Å²) >= 11 is 1.53. The van der Waals surface area contributed by atoms with Crippen LogP contribution in [0.4, 0.5) is 4.39 Å². The van der Waals surface area contributed by atoms with E-state index in [0.717, 1.165) is 53.7 Å². The van der Waals surface area contributed by atoms with Crippen LogP contribution in [0.25, 0.3) is 0 Å². The van der Waals surface area contributed by atoms with Gasteiger partial charge in [0.2, 0.25) is 0 Å². The van der Waals surface area contributed by atoms with E-state index in [1.165, 1.54) is 23.9 Å². The second kappa shape index (κ2) is 10.3. The third-order valence-corrected chi connectivity index (χ3v) is 6.76. The smallest absolute Gasteiger partial charge is 0.256 e. The highest BCUT2D eigenvalue weighted by molar-refractivity contribution is 7.98. The van der Waals surface area contributed by atoms with Crippen LogP contribution in [-0.2, 0) is 12.3 Å². The van der Waals surface area contributed by atoms with Crippen molar-refractivity contribution < 1.29 is 13.7 Å². The Balaban J connectivity index is 1.40. The van der Waals surface area contributed by atoms with E-state index in [9.17, 15) is 9.18 Å². The Bertz CT molecular complexity index is 1050. The molecule has 2 aromatic heterocycles. The van der Waals surface area contributed by atoms with Gasteiger partial charge in [-0.1, -0.05) is 17.3 Å². The molecule has 32 heavy (non-hydrogen) atoms. The zero-order valence-corrected chi connectivity index (χ0v) is 19.2. The van der Waals surface area contributed by atoms with Gasteiger partial charge < -0.3 is 9.42 Å². The van der Waals surface area contributed by atoms with Crippen LogP contribution >= 0.6 is 11.8 Å². The number of carbonyl (C=O) groups is 1. The van der Waals surface area contributed by atoms with Gasteiger partial charge in [0.25, 0.3) is 5.91 Å². The summed E-state index contributed by atoms with van der Waals surface area (Å²) in [6, 6.07) is 10.3.